The Bertz CT molecular complexity index is 1080. The number of sulfone groups is 1. The molecule has 1 aliphatic heterocycles. The second kappa shape index (κ2) is 6.45. The molecular weight excluding hydrogens is 352 g/mol. The van der Waals surface area contributed by atoms with Crippen LogP contribution >= 0.6 is 0 Å². The summed E-state index contributed by atoms with van der Waals surface area (Å²) in [6.45, 7) is 0. The molecule has 0 spiro atoms. The summed E-state index contributed by atoms with van der Waals surface area (Å²) in [5, 5.41) is 3.60. The van der Waals surface area contributed by atoms with Gasteiger partial charge in [0.2, 0.25) is 0 Å². The van der Waals surface area contributed by atoms with E-state index < -0.39 is 9.84 Å². The van der Waals surface area contributed by atoms with E-state index in [1.807, 2.05) is 12.1 Å². The third kappa shape index (κ3) is 3.28. The quantitative estimate of drug-likeness (QED) is 0.753. The maximum Gasteiger partial charge on any atom is 0.270 e. The molecule has 0 unspecified atom stereocenters. The van der Waals surface area contributed by atoms with E-state index in [1.54, 1.807) is 36.9 Å². The number of carbonyl (C=O) groups is 1. The summed E-state index contributed by atoms with van der Waals surface area (Å²) in [4.78, 5) is 25.3. The highest BCUT2D eigenvalue weighted by molar-refractivity contribution is 7.91. The topological polar surface area (TPSA) is 102 Å². The molecule has 0 saturated carbocycles. The number of pyridine rings is 3. The van der Waals surface area contributed by atoms with Crippen molar-refractivity contribution in [3.8, 4) is 11.1 Å². The molecule has 4 heterocycles. The second-order valence-corrected chi connectivity index (χ2v) is 8.49. The zero-order chi connectivity index (χ0) is 18.1. The molecule has 1 amide bonds. The summed E-state index contributed by atoms with van der Waals surface area (Å²) in [5.41, 5.74) is 2.54. The molecule has 1 fully saturated rings. The van der Waals surface area contributed by atoms with Gasteiger partial charge < -0.3 is 5.32 Å². The molecular formula is C18H16N4O3S. The highest BCUT2D eigenvalue weighted by Gasteiger charge is 2.29. The van der Waals surface area contributed by atoms with Crippen molar-refractivity contribution >= 4 is 26.6 Å². The molecule has 0 aromatic carbocycles. The lowest BCUT2D eigenvalue weighted by Crippen LogP contribution is -2.36. The van der Waals surface area contributed by atoms with Crippen LogP contribution in [0, 0.1) is 0 Å². The minimum atomic E-state index is -3.06. The Labute approximate surface area is 150 Å². The summed E-state index contributed by atoms with van der Waals surface area (Å²) in [7, 11) is -3.06. The zero-order valence-corrected chi connectivity index (χ0v) is 14.6. The highest BCUT2D eigenvalue weighted by atomic mass is 32.2. The average molecular weight is 368 g/mol. The molecule has 3 aromatic heterocycles. The van der Waals surface area contributed by atoms with Gasteiger partial charge in [-0.2, -0.15) is 0 Å². The van der Waals surface area contributed by atoms with Crippen LogP contribution in [-0.4, -0.2) is 46.8 Å². The van der Waals surface area contributed by atoms with Crippen LogP contribution < -0.4 is 5.32 Å². The fraction of sp³-hybridized carbons (Fsp3) is 0.222. The number of carbonyl (C=O) groups excluding carboxylic acids is 1. The number of hydrogen-bond donors (Lipinski definition) is 1. The fourth-order valence-corrected chi connectivity index (χ4v) is 4.79. The summed E-state index contributed by atoms with van der Waals surface area (Å²) in [6, 6.07) is 6.79. The lowest BCUT2D eigenvalue weighted by Gasteiger charge is -2.12. The molecule has 132 valence electrons. The number of aromatic nitrogens is 3. The first kappa shape index (κ1) is 16.6. The van der Waals surface area contributed by atoms with Crippen molar-refractivity contribution in [1.29, 1.82) is 0 Å². The first-order valence-electron chi connectivity index (χ1n) is 8.18. The van der Waals surface area contributed by atoms with Crippen molar-refractivity contribution < 1.29 is 13.2 Å². The predicted octanol–water partition coefficient (Wildman–Crippen LogP) is 1.61. The number of nitrogens with zero attached hydrogens (tertiary/aromatic N) is 3. The van der Waals surface area contributed by atoms with Gasteiger partial charge in [0.15, 0.2) is 9.84 Å². The van der Waals surface area contributed by atoms with Gasteiger partial charge in [0.05, 0.1) is 17.0 Å². The van der Waals surface area contributed by atoms with E-state index in [1.165, 1.54) is 0 Å². The minimum absolute atomic E-state index is 0.0221. The Kier molecular flexibility index (Phi) is 4.12. The lowest BCUT2D eigenvalue weighted by atomic mass is 10.0. The van der Waals surface area contributed by atoms with Gasteiger partial charge in [0.1, 0.15) is 5.69 Å². The zero-order valence-electron chi connectivity index (χ0n) is 13.8. The SMILES string of the molecule is O=C(N[C@@H]1CCS(=O)(=O)C1)c1cc(-c2cccnc2)c2cnccc2n1. The Morgan fingerprint density at radius 3 is 2.73 bits per heavy atom. The molecule has 0 radical (unpaired) electrons. The Balaban J connectivity index is 1.73. The van der Waals surface area contributed by atoms with Crippen LogP contribution in [0.5, 0.6) is 0 Å². The summed E-state index contributed by atoms with van der Waals surface area (Å²) < 4.78 is 23.2. The molecule has 26 heavy (non-hydrogen) atoms. The molecule has 1 atom stereocenters. The molecule has 3 aromatic rings. The van der Waals surface area contributed by atoms with Gasteiger partial charge in [-0.15, -0.1) is 0 Å². The fourth-order valence-electron chi connectivity index (χ4n) is 3.11. The summed E-state index contributed by atoms with van der Waals surface area (Å²) in [5.74, 6) is -0.294. The largest absolute Gasteiger partial charge is 0.347 e. The van der Waals surface area contributed by atoms with Gasteiger partial charge in [-0.3, -0.25) is 14.8 Å². The molecule has 1 aliphatic rings. The summed E-state index contributed by atoms with van der Waals surface area (Å²) >= 11 is 0. The summed E-state index contributed by atoms with van der Waals surface area (Å²) in [6.07, 6.45) is 7.15. The van der Waals surface area contributed by atoms with Gasteiger partial charge in [-0.1, -0.05) is 6.07 Å². The van der Waals surface area contributed by atoms with Gasteiger partial charge in [-0.05, 0) is 30.2 Å². The molecule has 1 saturated heterocycles. The Morgan fingerprint density at radius 2 is 2.00 bits per heavy atom. The van der Waals surface area contributed by atoms with Crippen molar-refractivity contribution in [3.63, 3.8) is 0 Å². The standard InChI is InChI=1S/C18H16N4O3S/c23-18(21-13-4-7-26(24,25)11-13)17-8-14(12-2-1-5-19-9-12)15-10-20-6-3-16(15)22-17/h1-3,5-6,8-10,13H,4,7,11H2,(H,21,23)/t13-/m1/s1. The van der Waals surface area contributed by atoms with Crippen LogP contribution in [0.25, 0.3) is 22.0 Å². The molecule has 8 heteroatoms. The molecule has 1 N–H and O–H groups in total. The van der Waals surface area contributed by atoms with Crippen LogP contribution in [0.3, 0.4) is 0 Å². The van der Waals surface area contributed by atoms with Crippen molar-refractivity contribution in [2.75, 3.05) is 11.5 Å². The lowest BCUT2D eigenvalue weighted by molar-refractivity contribution is 0.0936. The second-order valence-electron chi connectivity index (χ2n) is 6.26. The van der Waals surface area contributed by atoms with Gasteiger partial charge >= 0.3 is 0 Å². The number of hydrogen-bond acceptors (Lipinski definition) is 6. The molecule has 4 rings (SSSR count). The van der Waals surface area contributed by atoms with Crippen LogP contribution in [0.2, 0.25) is 0 Å². The van der Waals surface area contributed by atoms with E-state index in [2.05, 4.69) is 20.3 Å². The van der Waals surface area contributed by atoms with Crippen molar-refractivity contribution in [2.45, 2.75) is 12.5 Å². The minimum Gasteiger partial charge on any atom is -0.347 e. The number of rotatable bonds is 3. The first-order chi connectivity index (χ1) is 12.5. The molecule has 0 bridgehead atoms. The van der Waals surface area contributed by atoms with Crippen molar-refractivity contribution in [3.05, 3.63) is 54.7 Å². The van der Waals surface area contributed by atoms with Crippen molar-refractivity contribution in [1.82, 2.24) is 20.3 Å². The predicted molar refractivity (Wildman–Crippen MR) is 97.3 cm³/mol. The molecule has 7 nitrogen and oxygen atoms in total. The highest BCUT2D eigenvalue weighted by Crippen LogP contribution is 2.27. The number of amides is 1. The Hall–Kier alpha value is -2.87. The van der Waals surface area contributed by atoms with Crippen LogP contribution in [-0.2, 0) is 9.84 Å². The molecule has 0 aliphatic carbocycles. The maximum absolute atomic E-state index is 12.6. The normalized spacial score (nSPS) is 18.7. The third-order valence-corrected chi connectivity index (χ3v) is 6.15. The number of fused-ring (bicyclic) bond motifs is 1. The van der Waals surface area contributed by atoms with E-state index in [9.17, 15) is 13.2 Å². The average Bonchev–Trinajstić information content (AvgIpc) is 2.99. The van der Waals surface area contributed by atoms with Gasteiger partial charge in [-0.25, -0.2) is 13.4 Å². The van der Waals surface area contributed by atoms with Crippen LogP contribution in [0.1, 0.15) is 16.9 Å². The van der Waals surface area contributed by atoms with Crippen LogP contribution in [0.4, 0.5) is 0 Å². The first-order valence-corrected chi connectivity index (χ1v) is 10.0. The van der Waals surface area contributed by atoms with E-state index >= 15 is 0 Å². The third-order valence-electron chi connectivity index (χ3n) is 4.38. The Morgan fingerprint density at radius 1 is 1.15 bits per heavy atom. The van der Waals surface area contributed by atoms with E-state index in [0.29, 0.717) is 11.9 Å². The van der Waals surface area contributed by atoms with E-state index in [4.69, 9.17) is 0 Å². The van der Waals surface area contributed by atoms with Crippen molar-refractivity contribution in [2.24, 2.45) is 0 Å². The van der Waals surface area contributed by atoms with Crippen LogP contribution in [0.15, 0.2) is 49.1 Å². The number of nitrogens with one attached hydrogen (secondary N) is 1. The maximum atomic E-state index is 12.6. The van der Waals surface area contributed by atoms with Gasteiger partial charge in [0, 0.05) is 41.8 Å². The smallest absolute Gasteiger partial charge is 0.270 e. The monoisotopic (exact) mass is 368 g/mol. The van der Waals surface area contributed by atoms with Gasteiger partial charge in [0.25, 0.3) is 5.91 Å². The van der Waals surface area contributed by atoms with E-state index in [-0.39, 0.29) is 29.1 Å². The van der Waals surface area contributed by atoms with E-state index in [0.717, 1.165) is 16.5 Å².